The molecule has 0 fully saturated rings. The number of carbonyl (C=O) groups is 1. The van der Waals surface area contributed by atoms with Crippen LogP contribution in [-0.2, 0) is 26.4 Å². The van der Waals surface area contributed by atoms with E-state index in [4.69, 9.17) is 4.98 Å². The maximum absolute atomic E-state index is 12.7. The van der Waals surface area contributed by atoms with E-state index in [-0.39, 0.29) is 11.9 Å². The normalized spacial score (nSPS) is 14.7. The number of pyridine rings is 1. The molecule has 146 valence electrons. The van der Waals surface area contributed by atoms with Gasteiger partial charge in [0, 0.05) is 70.7 Å². The summed E-state index contributed by atoms with van der Waals surface area (Å²) in [5.41, 5.74) is 4.17. The van der Waals surface area contributed by atoms with Crippen molar-refractivity contribution < 1.29 is 4.79 Å². The number of hydrogen-bond acceptors (Lipinski definition) is 5. The van der Waals surface area contributed by atoms with Crippen molar-refractivity contribution in [2.24, 2.45) is 7.05 Å². The monoisotopic (exact) mass is 370 g/mol. The van der Waals surface area contributed by atoms with Gasteiger partial charge in [-0.15, -0.1) is 0 Å². The minimum Gasteiger partial charge on any atom is -0.362 e. The van der Waals surface area contributed by atoms with Crippen molar-refractivity contribution in [2.75, 3.05) is 32.1 Å². The molecule has 0 spiro atoms. The minimum absolute atomic E-state index is 0.0551. The Hall–Kier alpha value is -2.41. The molecular formula is C20H30N6O. The fourth-order valence-electron chi connectivity index (χ4n) is 3.49. The van der Waals surface area contributed by atoms with Crippen LogP contribution in [0, 0.1) is 0 Å². The van der Waals surface area contributed by atoms with E-state index >= 15 is 0 Å². The molecule has 2 aromatic heterocycles. The van der Waals surface area contributed by atoms with E-state index in [1.54, 1.807) is 0 Å². The largest absolute Gasteiger partial charge is 0.362 e. The quantitative estimate of drug-likeness (QED) is 0.866. The predicted octanol–water partition coefficient (Wildman–Crippen LogP) is 1.62. The van der Waals surface area contributed by atoms with Crippen LogP contribution in [0.1, 0.15) is 41.0 Å². The number of amides is 1. The lowest BCUT2D eigenvalue weighted by Crippen LogP contribution is -2.32. The molecule has 1 aliphatic heterocycles. The van der Waals surface area contributed by atoms with Gasteiger partial charge in [-0.05, 0) is 31.9 Å². The second-order valence-corrected chi connectivity index (χ2v) is 7.79. The van der Waals surface area contributed by atoms with E-state index in [1.165, 1.54) is 11.1 Å². The van der Waals surface area contributed by atoms with Gasteiger partial charge in [0.05, 0.1) is 11.8 Å². The molecule has 0 unspecified atom stereocenters. The van der Waals surface area contributed by atoms with Gasteiger partial charge in [0.1, 0.15) is 5.82 Å². The van der Waals surface area contributed by atoms with E-state index < -0.39 is 0 Å². The van der Waals surface area contributed by atoms with E-state index in [0.29, 0.717) is 5.56 Å². The van der Waals surface area contributed by atoms with Crippen molar-refractivity contribution in [3.63, 3.8) is 0 Å². The maximum atomic E-state index is 12.7. The number of fused-ring (bicyclic) bond motifs is 1. The number of aryl methyl sites for hydroxylation is 1. The van der Waals surface area contributed by atoms with Crippen molar-refractivity contribution in [1.82, 2.24) is 25.0 Å². The molecule has 2 aromatic rings. The van der Waals surface area contributed by atoms with Crippen LogP contribution in [0.4, 0.5) is 5.82 Å². The second-order valence-electron chi connectivity index (χ2n) is 7.79. The average Bonchev–Trinajstić information content (AvgIpc) is 2.90. The first-order chi connectivity index (χ1) is 12.8. The first-order valence-corrected chi connectivity index (χ1v) is 9.54. The highest BCUT2D eigenvalue weighted by Gasteiger charge is 2.22. The van der Waals surface area contributed by atoms with Gasteiger partial charge in [-0.3, -0.25) is 14.4 Å². The summed E-state index contributed by atoms with van der Waals surface area (Å²) in [6, 6.07) is 2.14. The molecule has 3 heterocycles. The van der Waals surface area contributed by atoms with Crippen LogP contribution in [-0.4, -0.2) is 58.8 Å². The standard InChI is InChI=1S/C20H30N6O/c1-14(2)22-20(27)17-10-16-6-8-26(13-15-11-21-25(5)12-15)9-7-18(16)23-19(17)24(3)4/h10-12,14H,6-9,13H2,1-5H3,(H,22,27). The number of nitrogens with zero attached hydrogens (tertiary/aromatic N) is 5. The third-order valence-electron chi connectivity index (χ3n) is 4.79. The summed E-state index contributed by atoms with van der Waals surface area (Å²) >= 11 is 0. The number of anilines is 1. The third kappa shape index (κ3) is 4.66. The highest BCUT2D eigenvalue weighted by molar-refractivity contribution is 5.99. The number of nitrogens with one attached hydrogen (secondary N) is 1. The summed E-state index contributed by atoms with van der Waals surface area (Å²) in [5, 5.41) is 7.25. The number of carbonyl (C=O) groups excluding carboxylic acids is 1. The molecule has 0 radical (unpaired) electrons. The Morgan fingerprint density at radius 1 is 1.30 bits per heavy atom. The van der Waals surface area contributed by atoms with Crippen LogP contribution >= 0.6 is 0 Å². The first-order valence-electron chi connectivity index (χ1n) is 9.54. The van der Waals surface area contributed by atoms with Gasteiger partial charge in [-0.25, -0.2) is 4.98 Å². The molecule has 0 saturated heterocycles. The van der Waals surface area contributed by atoms with Crippen molar-refractivity contribution in [1.29, 1.82) is 0 Å². The Kier molecular flexibility index (Phi) is 5.79. The molecule has 0 aliphatic carbocycles. The van der Waals surface area contributed by atoms with Gasteiger partial charge in [0.25, 0.3) is 5.91 Å². The molecule has 0 aromatic carbocycles. The van der Waals surface area contributed by atoms with Gasteiger partial charge >= 0.3 is 0 Å². The van der Waals surface area contributed by atoms with Gasteiger partial charge in [0.2, 0.25) is 0 Å². The van der Waals surface area contributed by atoms with Crippen molar-refractivity contribution >= 4 is 11.7 Å². The smallest absolute Gasteiger partial charge is 0.255 e. The summed E-state index contributed by atoms with van der Waals surface area (Å²) in [5.74, 6) is 0.688. The molecule has 1 amide bonds. The Morgan fingerprint density at radius 3 is 2.67 bits per heavy atom. The molecule has 27 heavy (non-hydrogen) atoms. The van der Waals surface area contributed by atoms with Gasteiger partial charge in [-0.2, -0.15) is 5.10 Å². The highest BCUT2D eigenvalue weighted by atomic mass is 16.1. The van der Waals surface area contributed by atoms with Crippen LogP contribution in [0.2, 0.25) is 0 Å². The molecule has 0 bridgehead atoms. The summed E-state index contributed by atoms with van der Waals surface area (Å²) in [7, 11) is 5.82. The summed E-state index contributed by atoms with van der Waals surface area (Å²) in [6.45, 7) is 6.75. The topological polar surface area (TPSA) is 66.3 Å². The highest BCUT2D eigenvalue weighted by Crippen LogP contribution is 2.24. The fourth-order valence-corrected chi connectivity index (χ4v) is 3.49. The fraction of sp³-hybridized carbons (Fsp3) is 0.550. The Labute approximate surface area is 161 Å². The lowest BCUT2D eigenvalue weighted by molar-refractivity contribution is 0.0943. The van der Waals surface area contributed by atoms with Crippen molar-refractivity contribution in [3.05, 3.63) is 40.8 Å². The minimum atomic E-state index is -0.0551. The maximum Gasteiger partial charge on any atom is 0.255 e. The van der Waals surface area contributed by atoms with E-state index in [1.807, 2.05) is 56.8 Å². The molecule has 1 N–H and O–H groups in total. The lowest BCUT2D eigenvalue weighted by Gasteiger charge is -2.19. The van der Waals surface area contributed by atoms with Crippen LogP contribution < -0.4 is 10.2 Å². The van der Waals surface area contributed by atoms with Crippen LogP contribution in [0.5, 0.6) is 0 Å². The Balaban J connectivity index is 1.81. The molecule has 7 nitrogen and oxygen atoms in total. The summed E-state index contributed by atoms with van der Waals surface area (Å²) in [6.07, 6.45) is 5.78. The zero-order valence-corrected chi connectivity index (χ0v) is 17.0. The number of rotatable bonds is 5. The van der Waals surface area contributed by atoms with E-state index in [9.17, 15) is 4.79 Å². The van der Waals surface area contributed by atoms with E-state index in [0.717, 1.165) is 44.0 Å². The molecule has 0 saturated carbocycles. The average molecular weight is 371 g/mol. The zero-order valence-electron chi connectivity index (χ0n) is 17.0. The van der Waals surface area contributed by atoms with Gasteiger partial charge in [0.15, 0.2) is 0 Å². The molecule has 7 heteroatoms. The second kappa shape index (κ2) is 8.08. The van der Waals surface area contributed by atoms with Gasteiger partial charge in [-0.1, -0.05) is 0 Å². The number of hydrogen-bond donors (Lipinski definition) is 1. The molecule has 0 atom stereocenters. The van der Waals surface area contributed by atoms with Crippen molar-refractivity contribution in [3.8, 4) is 0 Å². The van der Waals surface area contributed by atoms with Crippen molar-refractivity contribution in [2.45, 2.75) is 39.3 Å². The molecule has 1 aliphatic rings. The van der Waals surface area contributed by atoms with Crippen LogP contribution in [0.15, 0.2) is 18.5 Å². The Morgan fingerprint density at radius 2 is 2.04 bits per heavy atom. The zero-order chi connectivity index (χ0) is 19.6. The third-order valence-corrected chi connectivity index (χ3v) is 4.79. The Bertz CT molecular complexity index is 811. The van der Waals surface area contributed by atoms with E-state index in [2.05, 4.69) is 21.5 Å². The van der Waals surface area contributed by atoms with Crippen LogP contribution in [0.25, 0.3) is 0 Å². The lowest BCUT2D eigenvalue weighted by atomic mass is 10.0. The predicted molar refractivity (Wildman–Crippen MR) is 107 cm³/mol. The summed E-state index contributed by atoms with van der Waals surface area (Å²) < 4.78 is 1.84. The summed E-state index contributed by atoms with van der Waals surface area (Å²) in [4.78, 5) is 21.9. The molecule has 3 rings (SSSR count). The molecular weight excluding hydrogens is 340 g/mol. The first kappa shape index (κ1) is 19.4. The SMILES string of the molecule is CC(C)NC(=O)c1cc2c(nc1N(C)C)CCN(Cc1cnn(C)c1)CC2. The van der Waals surface area contributed by atoms with Gasteiger partial charge < -0.3 is 10.2 Å². The number of aromatic nitrogens is 3. The van der Waals surface area contributed by atoms with Crippen LogP contribution in [0.3, 0.4) is 0 Å².